The first kappa shape index (κ1) is 13.4. The molecular formula is C11H22N2O. The zero-order valence-electron chi connectivity index (χ0n) is 9.37. The molecule has 0 saturated carbocycles. The molecule has 3 nitrogen and oxygen atoms in total. The molecule has 0 fully saturated rings. The molecule has 82 valence electrons. The van der Waals surface area contributed by atoms with Gasteiger partial charge in [-0.3, -0.25) is 0 Å². The molecule has 0 amide bonds. The zero-order chi connectivity index (χ0) is 10.8. The Labute approximate surface area is 87.3 Å². The van der Waals surface area contributed by atoms with Gasteiger partial charge in [-0.1, -0.05) is 6.92 Å². The second-order valence-electron chi connectivity index (χ2n) is 3.69. The number of aliphatic hydroxyl groups is 1. The first-order valence-corrected chi connectivity index (χ1v) is 5.44. The summed E-state index contributed by atoms with van der Waals surface area (Å²) in [4.78, 5) is 2.25. The molecule has 14 heavy (non-hydrogen) atoms. The fourth-order valence-electron chi connectivity index (χ4n) is 1.55. The smallest absolute Gasteiger partial charge is 0.0638 e. The van der Waals surface area contributed by atoms with Crippen molar-refractivity contribution in [2.24, 2.45) is 0 Å². The number of nitriles is 1. The van der Waals surface area contributed by atoms with E-state index in [-0.39, 0.29) is 0 Å². The number of nitrogens with zero attached hydrogens (tertiary/aromatic N) is 2. The van der Waals surface area contributed by atoms with Crippen molar-refractivity contribution in [1.82, 2.24) is 4.90 Å². The largest absolute Gasteiger partial charge is 0.396 e. The Hall–Kier alpha value is -0.590. The molecule has 0 aromatic heterocycles. The molecule has 0 aliphatic carbocycles. The lowest BCUT2D eigenvalue weighted by molar-refractivity contribution is 0.227. The molecule has 1 N–H and O–H groups in total. The van der Waals surface area contributed by atoms with Gasteiger partial charge in [0.1, 0.15) is 0 Å². The minimum atomic E-state index is 0.291. The van der Waals surface area contributed by atoms with Gasteiger partial charge in [-0.2, -0.15) is 5.26 Å². The quantitative estimate of drug-likeness (QED) is 0.605. The fourth-order valence-corrected chi connectivity index (χ4v) is 1.55. The summed E-state index contributed by atoms with van der Waals surface area (Å²) >= 11 is 0. The van der Waals surface area contributed by atoms with Crippen LogP contribution in [0.4, 0.5) is 0 Å². The predicted molar refractivity (Wildman–Crippen MR) is 57.9 cm³/mol. The number of rotatable bonds is 8. The highest BCUT2D eigenvalue weighted by Crippen LogP contribution is 2.07. The van der Waals surface area contributed by atoms with Gasteiger partial charge in [-0.05, 0) is 39.3 Å². The van der Waals surface area contributed by atoms with Crippen molar-refractivity contribution in [2.75, 3.05) is 20.2 Å². The lowest BCUT2D eigenvalue weighted by Gasteiger charge is -2.24. The van der Waals surface area contributed by atoms with Gasteiger partial charge in [0.15, 0.2) is 0 Å². The fraction of sp³-hybridized carbons (Fsp3) is 0.909. The molecule has 0 aliphatic heterocycles. The third-order valence-corrected chi connectivity index (χ3v) is 2.59. The molecular weight excluding hydrogens is 176 g/mol. The SMILES string of the molecule is CCC(CC#N)N(C)CCCCCO. The van der Waals surface area contributed by atoms with Crippen LogP contribution in [0.5, 0.6) is 0 Å². The van der Waals surface area contributed by atoms with E-state index in [9.17, 15) is 0 Å². The summed E-state index contributed by atoms with van der Waals surface area (Å²) in [5.74, 6) is 0. The number of hydrogen-bond acceptors (Lipinski definition) is 3. The summed E-state index contributed by atoms with van der Waals surface area (Å²) in [6.45, 7) is 3.44. The summed E-state index contributed by atoms with van der Waals surface area (Å²) in [5, 5.41) is 17.2. The minimum Gasteiger partial charge on any atom is -0.396 e. The van der Waals surface area contributed by atoms with Gasteiger partial charge in [0.25, 0.3) is 0 Å². The predicted octanol–water partition coefficient (Wildman–Crippen LogP) is 1.77. The van der Waals surface area contributed by atoms with Crippen LogP contribution in [0.25, 0.3) is 0 Å². The maximum atomic E-state index is 8.62. The molecule has 0 bridgehead atoms. The number of hydrogen-bond donors (Lipinski definition) is 1. The molecule has 0 aliphatic rings. The highest BCUT2D eigenvalue weighted by Gasteiger charge is 2.10. The van der Waals surface area contributed by atoms with Crippen LogP contribution in [0, 0.1) is 11.3 Å². The normalized spacial score (nSPS) is 12.8. The zero-order valence-corrected chi connectivity index (χ0v) is 9.37. The third kappa shape index (κ3) is 5.95. The van der Waals surface area contributed by atoms with E-state index in [2.05, 4.69) is 24.9 Å². The molecule has 1 unspecified atom stereocenters. The molecule has 1 atom stereocenters. The van der Waals surface area contributed by atoms with Crippen LogP contribution in [-0.2, 0) is 0 Å². The van der Waals surface area contributed by atoms with Crippen molar-refractivity contribution in [3.63, 3.8) is 0 Å². The topological polar surface area (TPSA) is 47.3 Å². The maximum Gasteiger partial charge on any atom is 0.0638 e. The third-order valence-electron chi connectivity index (χ3n) is 2.59. The Balaban J connectivity index is 3.59. The van der Waals surface area contributed by atoms with E-state index >= 15 is 0 Å². The Morgan fingerprint density at radius 2 is 2.07 bits per heavy atom. The lowest BCUT2D eigenvalue weighted by Crippen LogP contribution is -2.31. The molecule has 0 rings (SSSR count). The van der Waals surface area contributed by atoms with E-state index < -0.39 is 0 Å². The maximum absolute atomic E-state index is 8.62. The van der Waals surface area contributed by atoms with Gasteiger partial charge in [0.05, 0.1) is 12.5 Å². The summed E-state index contributed by atoms with van der Waals surface area (Å²) in [7, 11) is 2.07. The highest BCUT2D eigenvalue weighted by molar-refractivity contribution is 4.80. The van der Waals surface area contributed by atoms with E-state index in [1.807, 2.05) is 0 Å². The van der Waals surface area contributed by atoms with Crippen molar-refractivity contribution >= 4 is 0 Å². The van der Waals surface area contributed by atoms with Gasteiger partial charge >= 0.3 is 0 Å². The Morgan fingerprint density at radius 3 is 2.57 bits per heavy atom. The van der Waals surface area contributed by atoms with E-state index in [1.165, 1.54) is 0 Å². The summed E-state index contributed by atoms with van der Waals surface area (Å²) in [5.41, 5.74) is 0. The molecule has 0 radical (unpaired) electrons. The average Bonchev–Trinajstić information content (AvgIpc) is 2.20. The Bertz CT molecular complexity index is 165. The van der Waals surface area contributed by atoms with Crippen LogP contribution >= 0.6 is 0 Å². The molecule has 0 spiro atoms. The standard InChI is InChI=1S/C11H22N2O/c1-3-11(7-8-12)13(2)9-5-4-6-10-14/h11,14H,3-7,9-10H2,1-2H3. The van der Waals surface area contributed by atoms with Crippen molar-refractivity contribution in [1.29, 1.82) is 5.26 Å². The van der Waals surface area contributed by atoms with E-state index in [4.69, 9.17) is 10.4 Å². The van der Waals surface area contributed by atoms with Crippen molar-refractivity contribution in [3.8, 4) is 6.07 Å². The van der Waals surface area contributed by atoms with Crippen LogP contribution < -0.4 is 0 Å². The van der Waals surface area contributed by atoms with Gasteiger partial charge < -0.3 is 10.0 Å². The number of aliphatic hydroxyl groups excluding tert-OH is 1. The summed E-state index contributed by atoms with van der Waals surface area (Å²) < 4.78 is 0. The van der Waals surface area contributed by atoms with Crippen LogP contribution in [0.3, 0.4) is 0 Å². The van der Waals surface area contributed by atoms with Crippen molar-refractivity contribution < 1.29 is 5.11 Å². The Kier molecular flexibility index (Phi) is 8.61. The summed E-state index contributed by atoms with van der Waals surface area (Å²) in [6.07, 6.45) is 4.72. The first-order valence-electron chi connectivity index (χ1n) is 5.44. The molecule has 0 heterocycles. The van der Waals surface area contributed by atoms with Crippen LogP contribution in [0.2, 0.25) is 0 Å². The van der Waals surface area contributed by atoms with Crippen LogP contribution in [0.15, 0.2) is 0 Å². The van der Waals surface area contributed by atoms with Gasteiger partial charge in [0, 0.05) is 12.6 Å². The highest BCUT2D eigenvalue weighted by atomic mass is 16.2. The van der Waals surface area contributed by atoms with Gasteiger partial charge in [-0.15, -0.1) is 0 Å². The van der Waals surface area contributed by atoms with Crippen molar-refractivity contribution in [2.45, 2.75) is 45.1 Å². The first-order chi connectivity index (χ1) is 6.76. The van der Waals surface area contributed by atoms with E-state index in [1.54, 1.807) is 0 Å². The minimum absolute atomic E-state index is 0.291. The van der Waals surface area contributed by atoms with Crippen molar-refractivity contribution in [3.05, 3.63) is 0 Å². The number of unbranched alkanes of at least 4 members (excludes halogenated alkanes) is 2. The molecule has 0 saturated heterocycles. The monoisotopic (exact) mass is 198 g/mol. The molecule has 0 aromatic carbocycles. The van der Waals surface area contributed by atoms with Crippen LogP contribution in [-0.4, -0.2) is 36.2 Å². The van der Waals surface area contributed by atoms with E-state index in [0.29, 0.717) is 19.1 Å². The van der Waals surface area contributed by atoms with Crippen LogP contribution in [0.1, 0.15) is 39.0 Å². The van der Waals surface area contributed by atoms with E-state index in [0.717, 1.165) is 32.2 Å². The Morgan fingerprint density at radius 1 is 1.36 bits per heavy atom. The van der Waals surface area contributed by atoms with Gasteiger partial charge in [0.2, 0.25) is 0 Å². The summed E-state index contributed by atoms with van der Waals surface area (Å²) in [6, 6.07) is 2.62. The molecule has 0 aromatic rings. The van der Waals surface area contributed by atoms with Gasteiger partial charge in [-0.25, -0.2) is 0 Å². The molecule has 3 heteroatoms. The second kappa shape index (κ2) is 8.98. The average molecular weight is 198 g/mol. The lowest BCUT2D eigenvalue weighted by atomic mass is 10.1. The second-order valence-corrected chi connectivity index (χ2v) is 3.69.